The van der Waals surface area contributed by atoms with Gasteiger partial charge in [0.1, 0.15) is 5.01 Å². The summed E-state index contributed by atoms with van der Waals surface area (Å²) in [6, 6.07) is 3.55. The Bertz CT molecular complexity index is 673. The summed E-state index contributed by atoms with van der Waals surface area (Å²) in [6.07, 6.45) is 0. The number of hydrogen-bond donors (Lipinski definition) is 3. The third-order valence-corrected chi connectivity index (χ3v) is 3.20. The molecular weight excluding hydrogens is 304 g/mol. The molecule has 0 aliphatic rings. The molecule has 1 heterocycles. The molecule has 3 N–H and O–H groups in total. The predicted octanol–water partition coefficient (Wildman–Crippen LogP) is 2.84. The van der Waals surface area contributed by atoms with Crippen molar-refractivity contribution >= 4 is 45.8 Å². The van der Waals surface area contributed by atoms with Crippen molar-refractivity contribution in [2.24, 2.45) is 0 Å². The minimum atomic E-state index is -1.19. The molecule has 0 aliphatic heterocycles. The van der Waals surface area contributed by atoms with Gasteiger partial charge in [-0.15, -0.1) is 10.2 Å². The van der Waals surface area contributed by atoms with Gasteiger partial charge in [0.25, 0.3) is 0 Å². The normalized spacial score (nSPS) is 10.1. The molecule has 1 aromatic carbocycles. The lowest BCUT2D eigenvalue weighted by atomic mass is 10.2. The average molecular weight is 313 g/mol. The first kappa shape index (κ1) is 14.2. The number of aromatic carboxylic acids is 1. The maximum Gasteiger partial charge on any atom is 0.337 e. The molecule has 0 spiro atoms. The Labute approximate surface area is 122 Å². The molecule has 0 atom stereocenters. The molecule has 104 valence electrons. The summed E-state index contributed by atoms with van der Waals surface area (Å²) in [7, 11) is 0. The molecule has 0 fully saturated rings. The molecule has 0 unspecified atom stereocenters. The lowest BCUT2D eigenvalue weighted by Gasteiger charge is -2.08. The number of carboxylic acids is 1. The van der Waals surface area contributed by atoms with Crippen LogP contribution in [0.5, 0.6) is 0 Å². The minimum absolute atomic E-state index is 0.0962. The van der Waals surface area contributed by atoms with Gasteiger partial charge in [-0.05, 0) is 25.1 Å². The van der Waals surface area contributed by atoms with Gasteiger partial charge in [-0.3, -0.25) is 5.32 Å². The summed E-state index contributed by atoms with van der Waals surface area (Å²) >= 11 is 6.93. The molecule has 0 aliphatic carbocycles. The average Bonchev–Trinajstić information content (AvgIpc) is 2.76. The zero-order valence-electron chi connectivity index (χ0n) is 10.2. The van der Waals surface area contributed by atoms with Gasteiger partial charge in [0.05, 0.1) is 11.3 Å². The summed E-state index contributed by atoms with van der Waals surface area (Å²) < 4.78 is 0. The largest absolute Gasteiger partial charge is 0.478 e. The van der Waals surface area contributed by atoms with Crippen molar-refractivity contribution in [2.75, 3.05) is 10.6 Å². The first-order chi connectivity index (χ1) is 9.45. The maximum absolute atomic E-state index is 11.7. The molecule has 1 aromatic heterocycles. The highest BCUT2D eigenvalue weighted by molar-refractivity contribution is 7.15. The highest BCUT2D eigenvalue weighted by Gasteiger charge is 2.14. The van der Waals surface area contributed by atoms with Crippen molar-refractivity contribution < 1.29 is 14.7 Å². The number of carbonyl (C=O) groups excluding carboxylic acids is 1. The maximum atomic E-state index is 11.7. The van der Waals surface area contributed by atoms with Crippen LogP contribution < -0.4 is 10.6 Å². The summed E-state index contributed by atoms with van der Waals surface area (Å²) in [6.45, 7) is 1.75. The molecular formula is C11H9ClN4O3S. The monoisotopic (exact) mass is 312 g/mol. The summed E-state index contributed by atoms with van der Waals surface area (Å²) in [5, 5.41) is 22.7. The SMILES string of the molecule is Cc1nnc(NC(=O)Nc2ccc(Cl)cc2C(=O)O)s1. The number of urea groups is 1. The number of amides is 2. The van der Waals surface area contributed by atoms with Crippen LogP contribution in [0.25, 0.3) is 0 Å². The molecule has 0 bridgehead atoms. The number of hydrogen-bond acceptors (Lipinski definition) is 5. The Morgan fingerprint density at radius 1 is 1.30 bits per heavy atom. The van der Waals surface area contributed by atoms with E-state index >= 15 is 0 Å². The summed E-state index contributed by atoms with van der Waals surface area (Å²) in [5.74, 6) is -1.19. The lowest BCUT2D eigenvalue weighted by Crippen LogP contribution is -2.21. The van der Waals surface area contributed by atoms with E-state index in [1.54, 1.807) is 6.92 Å². The van der Waals surface area contributed by atoms with Crippen LogP contribution in [0.4, 0.5) is 15.6 Å². The number of nitrogens with zero attached hydrogens (tertiary/aromatic N) is 2. The van der Waals surface area contributed by atoms with Crippen molar-refractivity contribution in [3.8, 4) is 0 Å². The fourth-order valence-corrected chi connectivity index (χ4v) is 2.16. The van der Waals surface area contributed by atoms with E-state index in [4.69, 9.17) is 16.7 Å². The number of aryl methyl sites for hydroxylation is 1. The van der Waals surface area contributed by atoms with E-state index in [2.05, 4.69) is 20.8 Å². The molecule has 9 heteroatoms. The molecule has 0 saturated carbocycles. The number of anilines is 2. The van der Waals surface area contributed by atoms with Crippen LogP contribution in [0.1, 0.15) is 15.4 Å². The van der Waals surface area contributed by atoms with Gasteiger partial charge in [-0.1, -0.05) is 22.9 Å². The number of aromatic nitrogens is 2. The van der Waals surface area contributed by atoms with Crippen LogP contribution in [-0.4, -0.2) is 27.3 Å². The second-order valence-corrected chi connectivity index (χ2v) is 5.32. The van der Waals surface area contributed by atoms with Crippen LogP contribution in [0.15, 0.2) is 18.2 Å². The van der Waals surface area contributed by atoms with Crippen LogP contribution >= 0.6 is 22.9 Å². The number of benzene rings is 1. The first-order valence-electron chi connectivity index (χ1n) is 5.36. The predicted molar refractivity (Wildman–Crippen MR) is 75.7 cm³/mol. The molecule has 2 amide bonds. The lowest BCUT2D eigenvalue weighted by molar-refractivity contribution is 0.0698. The van der Waals surface area contributed by atoms with Crippen LogP contribution in [0.3, 0.4) is 0 Å². The van der Waals surface area contributed by atoms with Crippen molar-refractivity contribution in [2.45, 2.75) is 6.92 Å². The van der Waals surface area contributed by atoms with E-state index in [1.165, 1.54) is 29.5 Å². The van der Waals surface area contributed by atoms with Crippen molar-refractivity contribution in [1.29, 1.82) is 0 Å². The number of nitrogens with one attached hydrogen (secondary N) is 2. The van der Waals surface area contributed by atoms with Gasteiger partial charge in [0, 0.05) is 5.02 Å². The Kier molecular flexibility index (Phi) is 4.16. The van der Waals surface area contributed by atoms with Gasteiger partial charge in [-0.25, -0.2) is 9.59 Å². The minimum Gasteiger partial charge on any atom is -0.478 e. The van der Waals surface area contributed by atoms with Crippen LogP contribution in [-0.2, 0) is 0 Å². The van der Waals surface area contributed by atoms with E-state index < -0.39 is 12.0 Å². The molecule has 0 saturated heterocycles. The second kappa shape index (κ2) is 5.85. The number of carbonyl (C=O) groups is 2. The number of halogens is 1. The zero-order chi connectivity index (χ0) is 14.7. The van der Waals surface area contributed by atoms with E-state index in [0.29, 0.717) is 10.1 Å². The summed E-state index contributed by atoms with van der Waals surface area (Å²) in [5.41, 5.74) is 0.0433. The van der Waals surface area contributed by atoms with Crippen LogP contribution in [0, 0.1) is 6.92 Å². The fraction of sp³-hybridized carbons (Fsp3) is 0.0909. The summed E-state index contributed by atoms with van der Waals surface area (Å²) in [4.78, 5) is 22.8. The quantitative estimate of drug-likeness (QED) is 0.808. The third kappa shape index (κ3) is 3.43. The molecule has 7 nitrogen and oxygen atoms in total. The second-order valence-electron chi connectivity index (χ2n) is 3.70. The van der Waals surface area contributed by atoms with E-state index in [9.17, 15) is 9.59 Å². The Morgan fingerprint density at radius 2 is 2.05 bits per heavy atom. The molecule has 2 aromatic rings. The third-order valence-electron chi connectivity index (χ3n) is 2.21. The van der Waals surface area contributed by atoms with Gasteiger partial charge >= 0.3 is 12.0 Å². The Morgan fingerprint density at radius 3 is 2.65 bits per heavy atom. The van der Waals surface area contributed by atoms with Crippen molar-refractivity contribution in [3.63, 3.8) is 0 Å². The van der Waals surface area contributed by atoms with E-state index in [1.807, 2.05) is 0 Å². The smallest absolute Gasteiger partial charge is 0.337 e. The van der Waals surface area contributed by atoms with Gasteiger partial charge in [0.2, 0.25) is 5.13 Å². The number of rotatable bonds is 3. The highest BCUT2D eigenvalue weighted by atomic mass is 35.5. The topological polar surface area (TPSA) is 104 Å². The Hall–Kier alpha value is -2.19. The van der Waals surface area contributed by atoms with Crippen molar-refractivity contribution in [3.05, 3.63) is 33.8 Å². The molecule has 20 heavy (non-hydrogen) atoms. The highest BCUT2D eigenvalue weighted by Crippen LogP contribution is 2.21. The fourth-order valence-electron chi connectivity index (χ4n) is 1.40. The van der Waals surface area contributed by atoms with Crippen LogP contribution in [0.2, 0.25) is 5.02 Å². The van der Waals surface area contributed by atoms with Gasteiger partial charge in [-0.2, -0.15) is 0 Å². The first-order valence-corrected chi connectivity index (χ1v) is 6.56. The number of carboxylic acid groups (broad SMARTS) is 1. The Balaban J connectivity index is 2.13. The van der Waals surface area contributed by atoms with Crippen molar-refractivity contribution in [1.82, 2.24) is 10.2 Å². The molecule has 0 radical (unpaired) electrons. The molecule has 2 rings (SSSR count). The zero-order valence-corrected chi connectivity index (χ0v) is 11.7. The van der Waals surface area contributed by atoms with E-state index in [0.717, 1.165) is 0 Å². The van der Waals surface area contributed by atoms with Gasteiger partial charge < -0.3 is 10.4 Å². The standard InChI is InChI=1S/C11H9ClN4O3S/c1-5-15-16-11(20-5)14-10(19)13-8-3-2-6(12)4-7(8)9(17)18/h2-4H,1H3,(H,17,18)(H2,13,14,16,19). The van der Waals surface area contributed by atoms with E-state index in [-0.39, 0.29) is 16.3 Å². The van der Waals surface area contributed by atoms with Gasteiger partial charge in [0.15, 0.2) is 0 Å².